The second kappa shape index (κ2) is 13.8. The van der Waals surface area contributed by atoms with Gasteiger partial charge in [0.1, 0.15) is 11.6 Å². The molecule has 0 saturated heterocycles. The first-order valence-electron chi connectivity index (χ1n) is 18.7. The van der Waals surface area contributed by atoms with Crippen LogP contribution in [0.4, 0.5) is 25.8 Å². The van der Waals surface area contributed by atoms with Gasteiger partial charge in [0.25, 0.3) is 0 Å². The van der Waals surface area contributed by atoms with E-state index in [2.05, 4.69) is 167 Å². The van der Waals surface area contributed by atoms with E-state index in [0.717, 1.165) is 50.4 Å². The Bertz CT molecular complexity index is 2910. The Kier molecular flexibility index (Phi) is 8.23. The van der Waals surface area contributed by atoms with Crippen molar-refractivity contribution in [3.8, 4) is 39.1 Å². The highest BCUT2D eigenvalue weighted by molar-refractivity contribution is 6.11. The molecule has 10 aromatic rings. The topological polar surface area (TPSA) is 8.17 Å². The van der Waals surface area contributed by atoms with Crippen LogP contribution in [0, 0.1) is 11.6 Å². The third-order valence-corrected chi connectivity index (χ3v) is 10.7. The summed E-state index contributed by atoms with van der Waals surface area (Å²) in [6.07, 6.45) is 0. The highest BCUT2D eigenvalue weighted by Gasteiger charge is 2.17. The van der Waals surface area contributed by atoms with Crippen LogP contribution in [0.2, 0.25) is 0 Å². The lowest BCUT2D eigenvalue weighted by molar-refractivity contribution is 0.627. The predicted octanol–water partition coefficient (Wildman–Crippen LogP) is 14.7. The molecule has 0 unspecified atom stereocenters. The molecular formula is C52H34F2N2. The van der Waals surface area contributed by atoms with E-state index in [1.54, 1.807) is 24.3 Å². The maximum atomic E-state index is 13.7. The summed E-state index contributed by atoms with van der Waals surface area (Å²) in [5.41, 5.74) is 12.7. The fourth-order valence-corrected chi connectivity index (χ4v) is 7.96. The maximum Gasteiger partial charge on any atom is 0.123 e. The van der Waals surface area contributed by atoms with E-state index < -0.39 is 0 Å². The van der Waals surface area contributed by atoms with Gasteiger partial charge in [-0.05, 0) is 124 Å². The fourth-order valence-electron chi connectivity index (χ4n) is 7.96. The molecule has 0 saturated carbocycles. The van der Waals surface area contributed by atoms with Crippen LogP contribution in [0.5, 0.6) is 0 Å². The minimum absolute atomic E-state index is 0.253. The van der Waals surface area contributed by atoms with Crippen LogP contribution in [0.25, 0.3) is 71.6 Å². The molecule has 0 radical (unpaired) electrons. The van der Waals surface area contributed by atoms with E-state index in [-0.39, 0.29) is 11.6 Å². The van der Waals surface area contributed by atoms with E-state index >= 15 is 0 Å². The third-order valence-electron chi connectivity index (χ3n) is 10.7. The van der Waals surface area contributed by atoms with Crippen molar-refractivity contribution in [2.24, 2.45) is 0 Å². The number of fused-ring (bicyclic) bond motifs is 4. The van der Waals surface area contributed by atoms with Crippen molar-refractivity contribution in [3.63, 3.8) is 0 Å². The van der Waals surface area contributed by atoms with Gasteiger partial charge in [0.2, 0.25) is 0 Å². The van der Waals surface area contributed by atoms with E-state index in [1.807, 2.05) is 0 Å². The number of hydrogen-bond donors (Lipinski definition) is 0. The number of anilines is 3. The van der Waals surface area contributed by atoms with Gasteiger partial charge in [-0.2, -0.15) is 0 Å². The predicted molar refractivity (Wildman–Crippen MR) is 229 cm³/mol. The normalized spacial score (nSPS) is 11.4. The lowest BCUT2D eigenvalue weighted by Crippen LogP contribution is -2.09. The fraction of sp³-hybridized carbons (Fsp3) is 0. The van der Waals surface area contributed by atoms with Crippen LogP contribution in [-0.2, 0) is 0 Å². The Morgan fingerprint density at radius 3 is 1.29 bits per heavy atom. The van der Waals surface area contributed by atoms with Gasteiger partial charge in [0, 0.05) is 33.2 Å². The second-order valence-corrected chi connectivity index (χ2v) is 14.1. The number of para-hydroxylation sites is 1. The van der Waals surface area contributed by atoms with E-state index in [4.69, 9.17) is 0 Å². The minimum atomic E-state index is -0.253. The van der Waals surface area contributed by atoms with Crippen molar-refractivity contribution < 1.29 is 8.78 Å². The minimum Gasteiger partial charge on any atom is -0.311 e. The van der Waals surface area contributed by atoms with Gasteiger partial charge in [-0.25, -0.2) is 8.78 Å². The largest absolute Gasteiger partial charge is 0.311 e. The Balaban J connectivity index is 1.04. The number of hydrogen-bond acceptors (Lipinski definition) is 1. The summed E-state index contributed by atoms with van der Waals surface area (Å²) in [6.45, 7) is 0. The molecule has 10 rings (SSSR count). The highest BCUT2D eigenvalue weighted by Crippen LogP contribution is 2.40. The van der Waals surface area contributed by atoms with Crippen LogP contribution in [0.15, 0.2) is 206 Å². The van der Waals surface area contributed by atoms with Gasteiger partial charge >= 0.3 is 0 Å². The summed E-state index contributed by atoms with van der Waals surface area (Å²) in [7, 11) is 0. The molecule has 0 fully saturated rings. The van der Waals surface area contributed by atoms with Gasteiger partial charge in [-0.15, -0.1) is 0 Å². The summed E-state index contributed by atoms with van der Waals surface area (Å²) in [5, 5.41) is 4.86. The molecule has 4 heteroatoms. The quantitative estimate of drug-likeness (QED) is 0.159. The molecule has 9 aromatic carbocycles. The average molecular weight is 725 g/mol. The number of halogens is 2. The van der Waals surface area contributed by atoms with Gasteiger partial charge < -0.3 is 9.47 Å². The molecule has 0 atom stereocenters. The van der Waals surface area contributed by atoms with Gasteiger partial charge in [0.15, 0.2) is 0 Å². The van der Waals surface area contributed by atoms with Gasteiger partial charge in [0.05, 0.1) is 16.7 Å². The van der Waals surface area contributed by atoms with Crippen LogP contribution < -0.4 is 4.90 Å². The van der Waals surface area contributed by atoms with Crippen LogP contribution >= 0.6 is 0 Å². The van der Waals surface area contributed by atoms with Crippen molar-refractivity contribution in [2.75, 3.05) is 4.90 Å². The first kappa shape index (κ1) is 33.3. The number of aromatic nitrogens is 1. The number of nitrogens with zero attached hydrogens (tertiary/aromatic N) is 2. The molecular weight excluding hydrogens is 691 g/mol. The van der Waals surface area contributed by atoms with Crippen LogP contribution in [0.3, 0.4) is 0 Å². The van der Waals surface area contributed by atoms with Gasteiger partial charge in [-0.1, -0.05) is 121 Å². The highest BCUT2D eigenvalue weighted by atomic mass is 19.1. The standard InChI is InChI=1S/C52H34F2N2/c53-42-23-12-35(13-24-42)37-16-27-44(28-17-37)55(45-29-18-38(19-30-45)36-14-25-43(54)26-15-36)46-31-20-39(21-32-46)41-22-33-52-49(34-41)48-9-3-4-10-51(48)56(52)50-11-5-7-40-6-1-2-8-47(40)50/h1-34H. The molecule has 56 heavy (non-hydrogen) atoms. The summed E-state index contributed by atoms with van der Waals surface area (Å²) in [5.74, 6) is -0.506. The van der Waals surface area contributed by atoms with Crippen molar-refractivity contribution >= 4 is 49.6 Å². The molecule has 2 nitrogen and oxygen atoms in total. The number of benzene rings is 9. The summed E-state index contributed by atoms with van der Waals surface area (Å²) >= 11 is 0. The molecule has 266 valence electrons. The lowest BCUT2D eigenvalue weighted by atomic mass is 10.0. The van der Waals surface area contributed by atoms with Crippen molar-refractivity contribution in [2.45, 2.75) is 0 Å². The molecule has 0 bridgehead atoms. The lowest BCUT2D eigenvalue weighted by Gasteiger charge is -2.26. The van der Waals surface area contributed by atoms with E-state index in [1.165, 1.54) is 62.5 Å². The smallest absolute Gasteiger partial charge is 0.123 e. The molecule has 0 spiro atoms. The summed E-state index contributed by atoms with van der Waals surface area (Å²) < 4.78 is 29.7. The Morgan fingerprint density at radius 2 is 0.732 bits per heavy atom. The molecule has 0 aliphatic carbocycles. The molecule has 0 amide bonds. The van der Waals surface area contributed by atoms with E-state index in [0.29, 0.717) is 0 Å². The van der Waals surface area contributed by atoms with E-state index in [9.17, 15) is 8.78 Å². The Labute approximate surface area is 323 Å². The summed E-state index contributed by atoms with van der Waals surface area (Å²) in [6, 6.07) is 69.0. The van der Waals surface area contributed by atoms with Gasteiger partial charge in [-0.3, -0.25) is 0 Å². The molecule has 0 aliphatic heterocycles. The molecule has 0 N–H and O–H groups in total. The van der Waals surface area contributed by atoms with Crippen molar-refractivity contribution in [3.05, 3.63) is 218 Å². The maximum absolute atomic E-state index is 13.7. The number of rotatable bonds is 7. The average Bonchev–Trinajstić information content (AvgIpc) is 3.58. The van der Waals surface area contributed by atoms with Crippen LogP contribution in [0.1, 0.15) is 0 Å². The zero-order valence-corrected chi connectivity index (χ0v) is 30.3. The molecule has 1 heterocycles. The monoisotopic (exact) mass is 724 g/mol. The Hall–Kier alpha value is -7.30. The van der Waals surface area contributed by atoms with Crippen molar-refractivity contribution in [1.29, 1.82) is 0 Å². The molecule has 0 aliphatic rings. The van der Waals surface area contributed by atoms with Crippen LogP contribution in [-0.4, -0.2) is 4.57 Å². The second-order valence-electron chi connectivity index (χ2n) is 14.1. The zero-order chi connectivity index (χ0) is 37.6. The third kappa shape index (κ3) is 5.98. The molecule has 1 aromatic heterocycles. The SMILES string of the molecule is Fc1ccc(-c2ccc(N(c3ccc(-c4ccc(F)cc4)cc3)c3ccc(-c4ccc5c(c4)c4ccccc4n5-c4cccc5ccccc45)cc3)cc2)cc1. The zero-order valence-electron chi connectivity index (χ0n) is 30.3. The van der Waals surface area contributed by atoms with Crippen molar-refractivity contribution in [1.82, 2.24) is 4.57 Å². The Morgan fingerprint density at radius 1 is 0.321 bits per heavy atom. The first-order chi connectivity index (χ1) is 27.6. The summed E-state index contributed by atoms with van der Waals surface area (Å²) in [4.78, 5) is 2.23. The first-order valence-corrected chi connectivity index (χ1v) is 18.7.